The summed E-state index contributed by atoms with van der Waals surface area (Å²) in [6.07, 6.45) is -4.48. The van der Waals surface area contributed by atoms with Crippen LogP contribution in [0, 0.1) is 6.92 Å². The zero-order chi connectivity index (χ0) is 14.9. The lowest BCUT2D eigenvalue weighted by Crippen LogP contribution is -2.58. The zero-order valence-corrected chi connectivity index (χ0v) is 11.1. The molecule has 1 aliphatic rings. The summed E-state index contributed by atoms with van der Waals surface area (Å²) in [5.41, 5.74) is -0.744. The Balaban J connectivity index is 2.30. The molecule has 0 unspecified atom stereocenters. The van der Waals surface area contributed by atoms with Crippen LogP contribution in [0.1, 0.15) is 21.5 Å². The zero-order valence-electron chi connectivity index (χ0n) is 11.1. The Labute approximate surface area is 114 Å². The fourth-order valence-electron chi connectivity index (χ4n) is 2.02. The monoisotopic (exact) mass is 288 g/mol. The number of benzene rings is 1. The van der Waals surface area contributed by atoms with Crippen LogP contribution in [-0.4, -0.2) is 37.2 Å². The van der Waals surface area contributed by atoms with Crippen LogP contribution >= 0.6 is 0 Å². The van der Waals surface area contributed by atoms with Crippen LogP contribution in [0.5, 0.6) is 0 Å². The van der Waals surface area contributed by atoms with Crippen molar-refractivity contribution in [3.05, 3.63) is 34.9 Å². The topological polar surface area (TPSA) is 41.6 Å². The molecule has 0 aromatic heterocycles. The molecule has 1 heterocycles. The van der Waals surface area contributed by atoms with E-state index in [-0.39, 0.29) is 17.2 Å². The maximum Gasteiger partial charge on any atom is 0.416 e. The Morgan fingerprint density at radius 3 is 2.50 bits per heavy atom. The van der Waals surface area contributed by atoms with Crippen molar-refractivity contribution < 1.29 is 22.8 Å². The van der Waals surface area contributed by atoms with Crippen molar-refractivity contribution in [2.45, 2.75) is 19.1 Å². The Bertz CT molecular complexity index is 513. The molecule has 1 aliphatic heterocycles. The number of nitrogens with one attached hydrogen (secondary N) is 1. The second kappa shape index (κ2) is 5.41. The van der Waals surface area contributed by atoms with E-state index < -0.39 is 17.6 Å². The molecule has 110 valence electrons. The average molecular weight is 288 g/mol. The van der Waals surface area contributed by atoms with Crippen LogP contribution in [0.15, 0.2) is 18.2 Å². The van der Waals surface area contributed by atoms with Crippen molar-refractivity contribution in [3.8, 4) is 0 Å². The second-order valence-electron chi connectivity index (χ2n) is 4.65. The summed E-state index contributed by atoms with van der Waals surface area (Å²) in [6.45, 7) is 2.50. The SMILES string of the molecule is CON(C(=O)c1ccc(C)c(C(F)(F)F)c1)C1CNC1. The molecule has 1 N–H and O–H groups in total. The van der Waals surface area contributed by atoms with Gasteiger partial charge in [0, 0.05) is 18.7 Å². The highest BCUT2D eigenvalue weighted by atomic mass is 19.4. The summed E-state index contributed by atoms with van der Waals surface area (Å²) in [6, 6.07) is 3.40. The van der Waals surface area contributed by atoms with Crippen molar-refractivity contribution in [3.63, 3.8) is 0 Å². The highest BCUT2D eigenvalue weighted by molar-refractivity contribution is 5.94. The van der Waals surface area contributed by atoms with E-state index in [4.69, 9.17) is 4.84 Å². The molecule has 1 aromatic rings. The normalized spacial score (nSPS) is 15.8. The summed E-state index contributed by atoms with van der Waals surface area (Å²) in [5.74, 6) is -0.565. The Hall–Kier alpha value is -1.60. The van der Waals surface area contributed by atoms with Gasteiger partial charge in [0.05, 0.1) is 18.7 Å². The molecule has 0 bridgehead atoms. The van der Waals surface area contributed by atoms with Crippen LogP contribution in [0.25, 0.3) is 0 Å². The van der Waals surface area contributed by atoms with Crippen LogP contribution in [0.4, 0.5) is 13.2 Å². The average Bonchev–Trinajstić information content (AvgIpc) is 2.31. The fourth-order valence-corrected chi connectivity index (χ4v) is 2.02. The number of halogens is 3. The van der Waals surface area contributed by atoms with Gasteiger partial charge in [0.1, 0.15) is 0 Å². The number of carbonyl (C=O) groups excluding carboxylic acids is 1. The molecule has 1 saturated heterocycles. The van der Waals surface area contributed by atoms with Crippen LogP contribution in [0.3, 0.4) is 0 Å². The number of aryl methyl sites for hydroxylation is 1. The van der Waals surface area contributed by atoms with E-state index >= 15 is 0 Å². The summed E-state index contributed by atoms with van der Waals surface area (Å²) in [7, 11) is 1.33. The molecule has 20 heavy (non-hydrogen) atoms. The largest absolute Gasteiger partial charge is 0.416 e. The minimum Gasteiger partial charge on any atom is -0.312 e. The van der Waals surface area contributed by atoms with Gasteiger partial charge >= 0.3 is 6.18 Å². The number of nitrogens with zero attached hydrogens (tertiary/aromatic N) is 1. The van der Waals surface area contributed by atoms with Crippen molar-refractivity contribution in [1.82, 2.24) is 10.4 Å². The predicted molar refractivity (Wildman–Crippen MR) is 66.0 cm³/mol. The van der Waals surface area contributed by atoms with Gasteiger partial charge in [-0.25, -0.2) is 5.06 Å². The molecule has 1 amide bonds. The smallest absolute Gasteiger partial charge is 0.312 e. The van der Waals surface area contributed by atoms with E-state index in [1.807, 2.05) is 0 Å². The first-order valence-electron chi connectivity index (χ1n) is 6.11. The van der Waals surface area contributed by atoms with Crippen molar-refractivity contribution in [2.75, 3.05) is 20.2 Å². The van der Waals surface area contributed by atoms with Crippen LogP contribution in [-0.2, 0) is 11.0 Å². The van der Waals surface area contributed by atoms with E-state index in [0.29, 0.717) is 13.1 Å². The number of carbonyl (C=O) groups is 1. The molecule has 1 fully saturated rings. The number of hydroxylamine groups is 2. The molecule has 0 saturated carbocycles. The minimum atomic E-state index is -4.48. The van der Waals surface area contributed by atoms with E-state index in [2.05, 4.69) is 5.32 Å². The number of rotatable bonds is 3. The maximum atomic E-state index is 12.8. The fraction of sp³-hybridized carbons (Fsp3) is 0.462. The Morgan fingerprint density at radius 2 is 2.05 bits per heavy atom. The number of hydrogen-bond acceptors (Lipinski definition) is 3. The first-order chi connectivity index (χ1) is 9.34. The lowest BCUT2D eigenvalue weighted by Gasteiger charge is -2.36. The number of alkyl halides is 3. The second-order valence-corrected chi connectivity index (χ2v) is 4.65. The molecule has 7 heteroatoms. The van der Waals surface area contributed by atoms with Gasteiger partial charge in [-0.3, -0.25) is 9.63 Å². The summed E-state index contributed by atoms with van der Waals surface area (Å²) in [4.78, 5) is 17.2. The van der Waals surface area contributed by atoms with Gasteiger partial charge in [0.2, 0.25) is 0 Å². The first kappa shape index (κ1) is 14.8. The number of amides is 1. The standard InChI is InChI=1S/C13H15F3N2O2/c1-8-3-4-9(5-11(8)13(14,15)16)12(19)18(20-2)10-6-17-7-10/h3-5,10,17H,6-7H2,1-2H3. The first-order valence-corrected chi connectivity index (χ1v) is 6.11. The third kappa shape index (κ3) is 2.78. The van der Waals surface area contributed by atoms with Gasteiger partial charge in [-0.1, -0.05) is 6.07 Å². The van der Waals surface area contributed by atoms with E-state index in [9.17, 15) is 18.0 Å². The maximum absolute atomic E-state index is 12.8. The summed E-state index contributed by atoms with van der Waals surface area (Å²) in [5, 5.41) is 4.09. The molecular formula is C13H15F3N2O2. The molecule has 0 aliphatic carbocycles. The third-order valence-electron chi connectivity index (χ3n) is 3.28. The van der Waals surface area contributed by atoms with Gasteiger partial charge < -0.3 is 5.32 Å². The van der Waals surface area contributed by atoms with Crippen LogP contribution < -0.4 is 5.32 Å². The molecule has 2 rings (SSSR count). The van der Waals surface area contributed by atoms with Gasteiger partial charge in [0.25, 0.3) is 5.91 Å². The van der Waals surface area contributed by atoms with Gasteiger partial charge in [-0.2, -0.15) is 13.2 Å². The highest BCUT2D eigenvalue weighted by Gasteiger charge is 2.35. The molecular weight excluding hydrogens is 273 g/mol. The van der Waals surface area contributed by atoms with Gasteiger partial charge in [0.15, 0.2) is 0 Å². The summed E-state index contributed by atoms with van der Waals surface area (Å²) < 4.78 is 38.5. The minimum absolute atomic E-state index is 0.0309. The predicted octanol–water partition coefficient (Wildman–Crippen LogP) is 1.99. The lowest BCUT2D eigenvalue weighted by molar-refractivity contribution is -0.138. The van der Waals surface area contributed by atoms with E-state index in [0.717, 1.165) is 11.1 Å². The Kier molecular flexibility index (Phi) is 4.01. The van der Waals surface area contributed by atoms with Crippen molar-refractivity contribution in [2.24, 2.45) is 0 Å². The summed E-state index contributed by atoms with van der Waals surface area (Å²) >= 11 is 0. The number of hydrogen-bond donors (Lipinski definition) is 1. The molecule has 0 spiro atoms. The molecule has 0 atom stereocenters. The molecule has 4 nitrogen and oxygen atoms in total. The van der Waals surface area contributed by atoms with Gasteiger partial charge in [-0.05, 0) is 24.6 Å². The Morgan fingerprint density at radius 1 is 1.40 bits per heavy atom. The third-order valence-corrected chi connectivity index (χ3v) is 3.28. The van der Waals surface area contributed by atoms with E-state index in [1.165, 1.54) is 26.2 Å². The van der Waals surface area contributed by atoms with Crippen LogP contribution in [0.2, 0.25) is 0 Å². The molecule has 1 aromatic carbocycles. The highest BCUT2D eigenvalue weighted by Crippen LogP contribution is 2.32. The lowest BCUT2D eigenvalue weighted by atomic mass is 10.0. The van der Waals surface area contributed by atoms with Crippen molar-refractivity contribution >= 4 is 5.91 Å². The quantitative estimate of drug-likeness (QED) is 0.865. The van der Waals surface area contributed by atoms with E-state index in [1.54, 1.807) is 0 Å². The molecule has 0 radical (unpaired) electrons. The van der Waals surface area contributed by atoms with Crippen molar-refractivity contribution in [1.29, 1.82) is 0 Å². The van der Waals surface area contributed by atoms with Gasteiger partial charge in [-0.15, -0.1) is 0 Å².